The molecule has 1 aliphatic carbocycles. The summed E-state index contributed by atoms with van der Waals surface area (Å²) >= 11 is 10.3. The number of aryl methyl sites for hydroxylation is 1. The van der Waals surface area contributed by atoms with Crippen LogP contribution in [0.2, 0.25) is 0 Å². The molecule has 0 saturated heterocycles. The van der Waals surface area contributed by atoms with E-state index in [-0.39, 0.29) is 11.0 Å². The van der Waals surface area contributed by atoms with E-state index in [0.717, 1.165) is 36.1 Å². The van der Waals surface area contributed by atoms with Crippen LogP contribution in [0.25, 0.3) is 0 Å². The number of methoxy groups -OCH3 is 1. The Morgan fingerprint density at radius 3 is 2.74 bits per heavy atom. The minimum absolute atomic E-state index is 0.128. The molecule has 0 saturated carbocycles. The number of carbonyl (C=O) groups is 2. The van der Waals surface area contributed by atoms with Crippen molar-refractivity contribution in [1.82, 2.24) is 5.32 Å². The lowest BCUT2D eigenvalue weighted by atomic mass is 10.1. The Kier molecular flexibility index (Phi) is 8.07. The molecule has 166 valence electrons. The van der Waals surface area contributed by atoms with E-state index in [1.54, 1.807) is 18.2 Å². The predicted octanol–water partition coefficient (Wildman–Crippen LogP) is 5.34. The van der Waals surface area contributed by atoms with Crippen molar-refractivity contribution in [2.75, 3.05) is 19.0 Å². The third-order valence-electron chi connectivity index (χ3n) is 4.91. The number of thiophene rings is 1. The minimum atomic E-state index is -0.395. The SMILES string of the molecule is COC(=O)c1c(NC(=S)NC(=O)c2ccc(OCCC(C)C)c(Br)c2)sc2c1CCC2. The fourth-order valence-corrected chi connectivity index (χ4v) is 5.32. The van der Waals surface area contributed by atoms with Crippen LogP contribution < -0.4 is 15.4 Å². The number of halogens is 1. The molecular formula is C22H25BrN2O4S2. The van der Waals surface area contributed by atoms with E-state index >= 15 is 0 Å². The lowest BCUT2D eigenvalue weighted by molar-refractivity contribution is 0.0601. The van der Waals surface area contributed by atoms with Crippen molar-refractivity contribution in [3.63, 3.8) is 0 Å². The van der Waals surface area contributed by atoms with Crippen LogP contribution >= 0.6 is 39.5 Å². The summed E-state index contributed by atoms with van der Waals surface area (Å²) in [6.07, 6.45) is 3.76. The van der Waals surface area contributed by atoms with Gasteiger partial charge in [-0.15, -0.1) is 11.3 Å². The molecule has 0 aliphatic heterocycles. The van der Waals surface area contributed by atoms with Crippen molar-refractivity contribution >= 4 is 61.5 Å². The molecule has 31 heavy (non-hydrogen) atoms. The number of carbonyl (C=O) groups excluding carboxylic acids is 2. The van der Waals surface area contributed by atoms with E-state index in [1.807, 2.05) is 0 Å². The molecule has 0 spiro atoms. The Morgan fingerprint density at radius 1 is 1.29 bits per heavy atom. The first-order valence-electron chi connectivity index (χ1n) is 10.1. The summed E-state index contributed by atoms with van der Waals surface area (Å²) in [6, 6.07) is 5.14. The number of amides is 1. The van der Waals surface area contributed by atoms with E-state index in [4.69, 9.17) is 21.7 Å². The summed E-state index contributed by atoms with van der Waals surface area (Å²) in [7, 11) is 1.36. The summed E-state index contributed by atoms with van der Waals surface area (Å²) < 4.78 is 11.4. The maximum Gasteiger partial charge on any atom is 0.341 e. The summed E-state index contributed by atoms with van der Waals surface area (Å²) in [4.78, 5) is 26.1. The average molecular weight is 525 g/mol. The van der Waals surface area contributed by atoms with E-state index < -0.39 is 5.97 Å². The molecule has 0 radical (unpaired) electrons. The lowest BCUT2D eigenvalue weighted by Crippen LogP contribution is -2.34. The van der Waals surface area contributed by atoms with Crippen LogP contribution in [0.5, 0.6) is 5.75 Å². The van der Waals surface area contributed by atoms with Gasteiger partial charge in [0.15, 0.2) is 5.11 Å². The highest BCUT2D eigenvalue weighted by molar-refractivity contribution is 9.10. The number of benzene rings is 1. The minimum Gasteiger partial charge on any atom is -0.492 e. The number of nitrogens with one attached hydrogen (secondary N) is 2. The molecule has 9 heteroatoms. The zero-order valence-corrected chi connectivity index (χ0v) is 20.9. The Balaban J connectivity index is 1.64. The van der Waals surface area contributed by atoms with Gasteiger partial charge in [-0.1, -0.05) is 13.8 Å². The molecule has 2 N–H and O–H groups in total. The second kappa shape index (κ2) is 10.6. The first kappa shape index (κ1) is 23.7. The standard InChI is InChI=1S/C22H25BrN2O4S2/c1-12(2)9-10-29-16-8-7-13(11-15(16)23)19(26)24-22(30)25-20-18(21(27)28-3)14-5-4-6-17(14)31-20/h7-8,11-12H,4-6,9-10H2,1-3H3,(H2,24,25,26,30). The van der Waals surface area contributed by atoms with Crippen molar-refractivity contribution in [2.24, 2.45) is 5.92 Å². The van der Waals surface area contributed by atoms with Gasteiger partial charge >= 0.3 is 5.97 Å². The third-order valence-corrected chi connectivity index (χ3v) is 6.94. The van der Waals surface area contributed by atoms with E-state index in [0.29, 0.717) is 38.9 Å². The number of rotatable bonds is 7. The van der Waals surface area contributed by atoms with E-state index in [1.165, 1.54) is 18.4 Å². The maximum absolute atomic E-state index is 12.6. The van der Waals surface area contributed by atoms with Crippen LogP contribution in [0.4, 0.5) is 5.00 Å². The fourth-order valence-electron chi connectivity index (χ4n) is 3.28. The number of thiocarbonyl (C=S) groups is 1. The fraction of sp³-hybridized carbons (Fsp3) is 0.409. The topological polar surface area (TPSA) is 76.7 Å². The van der Waals surface area contributed by atoms with Gasteiger partial charge in [-0.05, 0) is 83.5 Å². The Morgan fingerprint density at radius 2 is 2.06 bits per heavy atom. The van der Waals surface area contributed by atoms with Gasteiger partial charge in [0.2, 0.25) is 0 Å². The molecule has 0 atom stereocenters. The summed E-state index contributed by atoms with van der Waals surface area (Å²) in [5.41, 5.74) is 1.97. The van der Waals surface area contributed by atoms with Crippen molar-refractivity contribution in [1.29, 1.82) is 0 Å². The van der Waals surface area contributed by atoms with Crippen LogP contribution in [-0.4, -0.2) is 30.7 Å². The summed E-state index contributed by atoms with van der Waals surface area (Å²) in [5.74, 6) is 0.499. The van der Waals surface area contributed by atoms with Gasteiger partial charge in [0.1, 0.15) is 10.8 Å². The molecule has 1 heterocycles. The second-order valence-corrected chi connectivity index (χ2v) is 10.0. The van der Waals surface area contributed by atoms with Gasteiger partial charge in [0.25, 0.3) is 5.91 Å². The second-order valence-electron chi connectivity index (χ2n) is 7.64. The monoisotopic (exact) mass is 524 g/mol. The number of hydrogen-bond donors (Lipinski definition) is 2. The average Bonchev–Trinajstić information content (AvgIpc) is 3.29. The molecule has 1 amide bonds. The van der Waals surface area contributed by atoms with Crippen LogP contribution in [0.15, 0.2) is 22.7 Å². The number of esters is 1. The number of hydrogen-bond acceptors (Lipinski definition) is 6. The molecule has 1 aromatic carbocycles. The van der Waals surface area contributed by atoms with Gasteiger partial charge in [-0.2, -0.15) is 0 Å². The largest absolute Gasteiger partial charge is 0.492 e. The first-order chi connectivity index (χ1) is 14.8. The van der Waals surface area contributed by atoms with Crippen molar-refractivity contribution in [3.05, 3.63) is 44.2 Å². The van der Waals surface area contributed by atoms with E-state index in [2.05, 4.69) is 40.4 Å². The highest BCUT2D eigenvalue weighted by atomic mass is 79.9. The third kappa shape index (κ3) is 5.84. The number of ether oxygens (including phenoxy) is 2. The van der Waals surface area contributed by atoms with Crippen molar-refractivity contribution < 1.29 is 19.1 Å². The molecule has 3 rings (SSSR count). The number of anilines is 1. The van der Waals surface area contributed by atoms with Crippen LogP contribution in [-0.2, 0) is 17.6 Å². The highest BCUT2D eigenvalue weighted by Gasteiger charge is 2.27. The molecule has 0 unspecified atom stereocenters. The molecule has 2 aromatic rings. The Hall–Kier alpha value is -1.97. The zero-order chi connectivity index (χ0) is 22.5. The molecule has 1 aromatic heterocycles. The van der Waals surface area contributed by atoms with Gasteiger partial charge in [-0.3, -0.25) is 10.1 Å². The molecule has 1 aliphatic rings. The Labute approximate surface area is 199 Å². The van der Waals surface area contributed by atoms with Gasteiger partial charge in [0.05, 0.1) is 23.8 Å². The van der Waals surface area contributed by atoms with Crippen LogP contribution in [0.1, 0.15) is 57.8 Å². The van der Waals surface area contributed by atoms with Crippen LogP contribution in [0, 0.1) is 5.92 Å². The summed E-state index contributed by atoms with van der Waals surface area (Å²) in [6.45, 7) is 4.89. The molecule has 6 nitrogen and oxygen atoms in total. The van der Waals surface area contributed by atoms with E-state index in [9.17, 15) is 9.59 Å². The normalized spacial score (nSPS) is 12.4. The zero-order valence-electron chi connectivity index (χ0n) is 17.7. The number of fused-ring (bicyclic) bond motifs is 1. The molecular weight excluding hydrogens is 500 g/mol. The predicted molar refractivity (Wildman–Crippen MR) is 130 cm³/mol. The lowest BCUT2D eigenvalue weighted by Gasteiger charge is -2.12. The van der Waals surface area contributed by atoms with Crippen molar-refractivity contribution in [3.8, 4) is 5.75 Å². The van der Waals surface area contributed by atoms with Crippen molar-refractivity contribution in [2.45, 2.75) is 39.5 Å². The highest BCUT2D eigenvalue weighted by Crippen LogP contribution is 2.39. The summed E-state index contributed by atoms with van der Waals surface area (Å²) in [5, 5.41) is 6.41. The maximum atomic E-state index is 12.6. The Bertz CT molecular complexity index is 1000. The quantitative estimate of drug-likeness (QED) is 0.376. The molecule has 0 fully saturated rings. The molecule has 0 bridgehead atoms. The van der Waals surface area contributed by atoms with Crippen LogP contribution in [0.3, 0.4) is 0 Å². The first-order valence-corrected chi connectivity index (χ1v) is 12.1. The smallest absolute Gasteiger partial charge is 0.341 e. The van der Waals surface area contributed by atoms with Gasteiger partial charge < -0.3 is 14.8 Å². The van der Waals surface area contributed by atoms with Gasteiger partial charge in [-0.25, -0.2) is 4.79 Å². The van der Waals surface area contributed by atoms with Gasteiger partial charge in [0, 0.05) is 10.4 Å².